The fourth-order valence-corrected chi connectivity index (χ4v) is 3.63. The minimum absolute atomic E-state index is 0.158. The summed E-state index contributed by atoms with van der Waals surface area (Å²) in [4.78, 5) is 0. The Bertz CT molecular complexity index is 415. The van der Waals surface area contributed by atoms with Gasteiger partial charge in [-0.3, -0.25) is 0 Å². The maximum Gasteiger partial charge on any atom is 0.123 e. The molecule has 2 N–H and O–H groups in total. The molecule has 2 saturated carbocycles. The lowest BCUT2D eigenvalue weighted by Crippen LogP contribution is -2.25. The molecule has 0 radical (unpaired) electrons. The molecule has 16 heavy (non-hydrogen) atoms. The van der Waals surface area contributed by atoms with Crippen molar-refractivity contribution in [2.24, 2.45) is 17.6 Å². The number of rotatable bonds is 1. The van der Waals surface area contributed by atoms with Crippen LogP contribution in [0.1, 0.15) is 36.8 Å². The van der Waals surface area contributed by atoms with Crippen molar-refractivity contribution in [1.82, 2.24) is 0 Å². The second kappa shape index (κ2) is 3.30. The van der Waals surface area contributed by atoms with Crippen molar-refractivity contribution >= 4 is 0 Å². The van der Waals surface area contributed by atoms with Gasteiger partial charge in [0.15, 0.2) is 0 Å². The first-order chi connectivity index (χ1) is 7.64. The summed E-state index contributed by atoms with van der Waals surface area (Å²) in [5, 5.41) is 0. The molecule has 1 nitrogen and oxygen atoms in total. The minimum Gasteiger partial charge on any atom is -0.321 e. The van der Waals surface area contributed by atoms with E-state index in [0.29, 0.717) is 11.8 Å². The van der Waals surface area contributed by atoms with Crippen LogP contribution in [0, 0.1) is 24.6 Å². The predicted molar refractivity (Wildman–Crippen MR) is 62.5 cm³/mol. The normalized spacial score (nSPS) is 36.9. The van der Waals surface area contributed by atoms with E-state index in [1.165, 1.54) is 31.7 Å². The smallest absolute Gasteiger partial charge is 0.123 e. The van der Waals surface area contributed by atoms with Crippen molar-refractivity contribution in [2.45, 2.75) is 38.1 Å². The van der Waals surface area contributed by atoms with Crippen LogP contribution < -0.4 is 5.73 Å². The molecule has 0 heterocycles. The summed E-state index contributed by atoms with van der Waals surface area (Å²) in [6.45, 7) is 2.04. The Balaban J connectivity index is 2.01. The van der Waals surface area contributed by atoms with Crippen LogP contribution in [-0.2, 0) is 5.54 Å². The van der Waals surface area contributed by atoms with Gasteiger partial charge in [0.05, 0.1) is 0 Å². The van der Waals surface area contributed by atoms with Crippen LogP contribution in [0.3, 0.4) is 0 Å². The molecule has 2 fully saturated rings. The summed E-state index contributed by atoms with van der Waals surface area (Å²) < 4.78 is 13.3. The molecule has 2 heteroatoms. The van der Waals surface area contributed by atoms with Gasteiger partial charge in [0.1, 0.15) is 5.82 Å². The van der Waals surface area contributed by atoms with Crippen molar-refractivity contribution < 1.29 is 4.39 Å². The average Bonchev–Trinajstić information content (AvgIpc) is 2.90. The van der Waals surface area contributed by atoms with E-state index < -0.39 is 0 Å². The Kier molecular flexibility index (Phi) is 2.12. The van der Waals surface area contributed by atoms with Crippen molar-refractivity contribution in [3.63, 3.8) is 0 Å². The van der Waals surface area contributed by atoms with Crippen molar-refractivity contribution in [3.05, 3.63) is 35.1 Å². The van der Waals surface area contributed by atoms with Crippen LogP contribution in [0.2, 0.25) is 0 Å². The van der Waals surface area contributed by atoms with Crippen molar-refractivity contribution in [2.75, 3.05) is 0 Å². The minimum atomic E-state index is -0.220. The fraction of sp³-hybridized carbons (Fsp3) is 0.571. The Labute approximate surface area is 95.8 Å². The first-order valence-corrected chi connectivity index (χ1v) is 6.19. The number of nitrogens with two attached hydrogens (primary N) is 1. The van der Waals surface area contributed by atoms with E-state index >= 15 is 0 Å². The summed E-state index contributed by atoms with van der Waals surface area (Å²) in [6, 6.07) is 5.02. The van der Waals surface area contributed by atoms with Gasteiger partial charge in [-0.25, -0.2) is 4.39 Å². The number of halogens is 1. The first-order valence-electron chi connectivity index (χ1n) is 6.19. The Morgan fingerprint density at radius 1 is 1.25 bits per heavy atom. The molecule has 0 amide bonds. The highest BCUT2D eigenvalue weighted by molar-refractivity contribution is 5.41. The van der Waals surface area contributed by atoms with Crippen molar-refractivity contribution in [3.8, 4) is 0 Å². The third-order valence-electron chi connectivity index (χ3n) is 4.55. The summed E-state index contributed by atoms with van der Waals surface area (Å²) in [5.74, 6) is 1.04. The molecule has 0 aliphatic heterocycles. The molecule has 1 aromatic carbocycles. The van der Waals surface area contributed by atoms with Crippen molar-refractivity contribution in [1.29, 1.82) is 0 Å². The largest absolute Gasteiger partial charge is 0.321 e. The van der Waals surface area contributed by atoms with Gasteiger partial charge in [0.2, 0.25) is 0 Å². The molecule has 0 saturated heterocycles. The second-order valence-corrected chi connectivity index (χ2v) is 5.39. The lowest BCUT2D eigenvalue weighted by molar-refractivity contribution is 0.480. The molecule has 2 aliphatic carbocycles. The van der Waals surface area contributed by atoms with E-state index in [0.717, 1.165) is 11.1 Å². The maximum atomic E-state index is 13.3. The molecule has 0 spiro atoms. The third kappa shape index (κ3) is 1.26. The van der Waals surface area contributed by atoms with E-state index in [1.807, 2.05) is 13.0 Å². The van der Waals surface area contributed by atoms with Crippen LogP contribution in [0.15, 0.2) is 18.2 Å². The highest BCUT2D eigenvalue weighted by atomic mass is 19.1. The lowest BCUT2D eigenvalue weighted by Gasteiger charge is -2.15. The lowest BCUT2D eigenvalue weighted by atomic mass is 9.96. The molecule has 2 atom stereocenters. The quantitative estimate of drug-likeness (QED) is 0.771. The van der Waals surface area contributed by atoms with Gasteiger partial charge in [-0.2, -0.15) is 0 Å². The zero-order chi connectivity index (χ0) is 11.3. The molecule has 86 valence electrons. The zero-order valence-corrected chi connectivity index (χ0v) is 9.67. The summed E-state index contributed by atoms with van der Waals surface area (Å²) in [6.07, 6.45) is 5.01. The topological polar surface area (TPSA) is 26.0 Å². The standard InChI is InChI=1S/C14H18FN/c1-9-6-7-10(15)8-13(9)14(16)11-4-2-3-5-12(11)14/h6-8,11-12H,2-5,16H2,1H3. The molecule has 1 aromatic rings. The monoisotopic (exact) mass is 219 g/mol. The van der Waals surface area contributed by atoms with E-state index in [2.05, 4.69) is 0 Å². The molecule has 2 unspecified atom stereocenters. The average molecular weight is 219 g/mol. The number of hydrogen-bond donors (Lipinski definition) is 1. The highest BCUT2D eigenvalue weighted by Crippen LogP contribution is 2.63. The Hall–Kier alpha value is -0.890. The number of benzene rings is 1. The van der Waals surface area contributed by atoms with Crippen LogP contribution in [-0.4, -0.2) is 0 Å². The molecule has 0 aromatic heterocycles. The van der Waals surface area contributed by atoms with Gasteiger partial charge in [0.25, 0.3) is 0 Å². The maximum absolute atomic E-state index is 13.3. The second-order valence-electron chi connectivity index (χ2n) is 5.39. The fourth-order valence-electron chi connectivity index (χ4n) is 3.63. The predicted octanol–water partition coefficient (Wildman–Crippen LogP) is 3.11. The number of hydrogen-bond acceptors (Lipinski definition) is 1. The molecule has 3 rings (SSSR count). The van der Waals surface area contributed by atoms with Gasteiger partial charge in [0, 0.05) is 5.54 Å². The Morgan fingerprint density at radius 2 is 1.88 bits per heavy atom. The zero-order valence-electron chi connectivity index (χ0n) is 9.67. The van der Waals surface area contributed by atoms with Crippen LogP contribution in [0.4, 0.5) is 4.39 Å². The van der Waals surface area contributed by atoms with E-state index in [-0.39, 0.29) is 11.4 Å². The van der Waals surface area contributed by atoms with Crippen LogP contribution in [0.25, 0.3) is 0 Å². The number of aryl methyl sites for hydroxylation is 1. The summed E-state index contributed by atoms with van der Waals surface area (Å²) in [7, 11) is 0. The number of fused-ring (bicyclic) bond motifs is 1. The third-order valence-corrected chi connectivity index (χ3v) is 4.55. The molecule has 0 bridgehead atoms. The summed E-state index contributed by atoms with van der Waals surface area (Å²) >= 11 is 0. The van der Waals surface area contributed by atoms with E-state index in [1.54, 1.807) is 6.07 Å². The van der Waals surface area contributed by atoms with Gasteiger partial charge < -0.3 is 5.73 Å². The molecular formula is C14H18FN. The highest BCUT2D eigenvalue weighted by Gasteiger charge is 2.63. The van der Waals surface area contributed by atoms with Gasteiger partial charge in [-0.1, -0.05) is 18.9 Å². The van der Waals surface area contributed by atoms with Gasteiger partial charge >= 0.3 is 0 Å². The SMILES string of the molecule is Cc1ccc(F)cc1C1(N)C2CCCCC21. The van der Waals surface area contributed by atoms with E-state index in [9.17, 15) is 4.39 Å². The first kappa shape index (κ1) is 10.3. The van der Waals surface area contributed by atoms with E-state index in [4.69, 9.17) is 5.73 Å². The van der Waals surface area contributed by atoms with Crippen LogP contribution >= 0.6 is 0 Å². The van der Waals surface area contributed by atoms with Gasteiger partial charge in [-0.05, 0) is 54.9 Å². The van der Waals surface area contributed by atoms with Crippen LogP contribution in [0.5, 0.6) is 0 Å². The van der Waals surface area contributed by atoms with Gasteiger partial charge in [-0.15, -0.1) is 0 Å². The molecular weight excluding hydrogens is 201 g/mol. The summed E-state index contributed by atoms with van der Waals surface area (Å²) in [5.41, 5.74) is 8.48. The Morgan fingerprint density at radius 3 is 2.50 bits per heavy atom. The molecule has 2 aliphatic rings.